The van der Waals surface area contributed by atoms with E-state index in [-0.39, 0.29) is 24.2 Å². The van der Waals surface area contributed by atoms with Crippen LogP contribution < -0.4 is 10.9 Å². The van der Waals surface area contributed by atoms with Crippen molar-refractivity contribution in [3.05, 3.63) is 74.5 Å². The van der Waals surface area contributed by atoms with Crippen LogP contribution in [0.5, 0.6) is 0 Å². The van der Waals surface area contributed by atoms with E-state index in [0.717, 1.165) is 48.0 Å². The van der Waals surface area contributed by atoms with Crippen molar-refractivity contribution in [2.75, 3.05) is 25.0 Å². The van der Waals surface area contributed by atoms with Gasteiger partial charge in [-0.25, -0.2) is 4.79 Å². The van der Waals surface area contributed by atoms with Gasteiger partial charge in [-0.2, -0.15) is 0 Å². The number of rotatable bonds is 6. The molecule has 6 nitrogen and oxygen atoms in total. The maximum atomic E-state index is 13.4. The molecule has 2 N–H and O–H groups in total. The predicted molar refractivity (Wildman–Crippen MR) is 135 cm³/mol. The van der Waals surface area contributed by atoms with Gasteiger partial charge in [0.2, 0.25) is 0 Å². The molecule has 0 spiro atoms. The highest BCUT2D eigenvalue weighted by Gasteiger charge is 2.28. The molecule has 0 saturated carbocycles. The molecule has 3 aromatic rings. The molecule has 0 unspecified atom stereocenters. The van der Waals surface area contributed by atoms with Gasteiger partial charge in [0.05, 0.1) is 22.8 Å². The van der Waals surface area contributed by atoms with Gasteiger partial charge in [0.25, 0.3) is 5.56 Å². The SMILES string of the molecule is CCN1CCC[C@H]1CN(Cc1cc2ccc(C)c(C)c2[nH]c1=O)C(=O)Nc1ccccc1Cl. The van der Waals surface area contributed by atoms with Crippen molar-refractivity contribution in [2.24, 2.45) is 0 Å². The van der Waals surface area contributed by atoms with E-state index in [0.29, 0.717) is 22.8 Å². The third-order valence-corrected chi connectivity index (χ3v) is 7.06. The number of likely N-dealkylation sites (tertiary alicyclic amines) is 1. The number of hydrogen-bond donors (Lipinski definition) is 2. The lowest BCUT2D eigenvalue weighted by Gasteiger charge is -2.30. The topological polar surface area (TPSA) is 68.4 Å². The van der Waals surface area contributed by atoms with E-state index in [1.165, 1.54) is 0 Å². The summed E-state index contributed by atoms with van der Waals surface area (Å²) in [7, 11) is 0. The molecule has 33 heavy (non-hydrogen) atoms. The molecule has 0 bridgehead atoms. The number of H-pyrrole nitrogens is 1. The molecule has 0 aliphatic carbocycles. The van der Waals surface area contributed by atoms with Crippen LogP contribution in [0.15, 0.2) is 47.3 Å². The van der Waals surface area contributed by atoms with Crippen molar-refractivity contribution in [1.29, 1.82) is 0 Å². The molecule has 2 aromatic carbocycles. The first kappa shape index (κ1) is 23.3. The molecule has 4 rings (SSSR count). The van der Waals surface area contributed by atoms with E-state index in [9.17, 15) is 9.59 Å². The molecule has 1 atom stereocenters. The molecule has 1 aliphatic heterocycles. The van der Waals surface area contributed by atoms with Crippen molar-refractivity contribution in [3.8, 4) is 0 Å². The third-order valence-electron chi connectivity index (χ3n) is 6.73. The maximum Gasteiger partial charge on any atom is 0.322 e. The third kappa shape index (κ3) is 5.07. The Balaban J connectivity index is 1.65. The largest absolute Gasteiger partial charge is 0.322 e. The smallest absolute Gasteiger partial charge is 0.321 e. The fraction of sp³-hybridized carbons (Fsp3) is 0.385. The lowest BCUT2D eigenvalue weighted by atomic mass is 10.0. The minimum absolute atomic E-state index is 0.162. The molecule has 0 radical (unpaired) electrons. The zero-order valence-corrected chi connectivity index (χ0v) is 20.2. The quantitative estimate of drug-likeness (QED) is 0.516. The predicted octanol–water partition coefficient (Wildman–Crippen LogP) is 5.32. The van der Waals surface area contributed by atoms with Crippen LogP contribution in [0, 0.1) is 13.8 Å². The number of aromatic nitrogens is 1. The average molecular weight is 467 g/mol. The number of halogens is 1. The number of fused-ring (bicyclic) bond motifs is 1. The molecular weight excluding hydrogens is 436 g/mol. The Kier molecular flexibility index (Phi) is 7.05. The highest BCUT2D eigenvalue weighted by molar-refractivity contribution is 6.33. The number of hydrogen-bond acceptors (Lipinski definition) is 3. The van der Waals surface area contributed by atoms with Crippen LogP contribution in [0.4, 0.5) is 10.5 Å². The summed E-state index contributed by atoms with van der Waals surface area (Å²) in [4.78, 5) is 33.5. The summed E-state index contributed by atoms with van der Waals surface area (Å²) in [5.74, 6) is 0. The van der Waals surface area contributed by atoms with Gasteiger partial charge in [-0.15, -0.1) is 0 Å². The number of carbonyl (C=O) groups excluding carboxylic acids is 1. The van der Waals surface area contributed by atoms with Crippen molar-refractivity contribution in [3.63, 3.8) is 0 Å². The van der Waals surface area contributed by atoms with E-state index < -0.39 is 0 Å². The number of para-hydroxylation sites is 1. The van der Waals surface area contributed by atoms with Crippen LogP contribution in [-0.2, 0) is 6.54 Å². The molecule has 7 heteroatoms. The molecule has 1 saturated heterocycles. The summed E-state index contributed by atoms with van der Waals surface area (Å²) in [6, 6.07) is 13.2. The van der Waals surface area contributed by atoms with Crippen LogP contribution >= 0.6 is 11.6 Å². The van der Waals surface area contributed by atoms with Gasteiger partial charge in [0, 0.05) is 18.2 Å². The summed E-state index contributed by atoms with van der Waals surface area (Å²) in [5, 5.41) is 4.39. The van der Waals surface area contributed by atoms with Gasteiger partial charge in [-0.1, -0.05) is 42.8 Å². The van der Waals surface area contributed by atoms with Crippen LogP contribution in [0.25, 0.3) is 10.9 Å². The molecule has 1 fully saturated rings. The summed E-state index contributed by atoms with van der Waals surface area (Å²) in [6.07, 6.45) is 2.16. The number of amides is 2. The lowest BCUT2D eigenvalue weighted by Crippen LogP contribution is -2.45. The Labute approximate surface area is 199 Å². The van der Waals surface area contributed by atoms with Gasteiger partial charge in [0.1, 0.15) is 0 Å². The van der Waals surface area contributed by atoms with E-state index in [2.05, 4.69) is 28.2 Å². The first-order chi connectivity index (χ1) is 15.9. The molecule has 1 aliphatic rings. The van der Waals surface area contributed by atoms with E-state index in [1.54, 1.807) is 17.0 Å². The molecule has 2 amide bonds. The number of likely N-dealkylation sites (N-methyl/N-ethyl adjacent to an activating group) is 1. The second kappa shape index (κ2) is 9.98. The number of nitrogens with one attached hydrogen (secondary N) is 2. The number of urea groups is 1. The Morgan fingerprint density at radius 3 is 2.79 bits per heavy atom. The summed E-state index contributed by atoms with van der Waals surface area (Å²) >= 11 is 6.27. The highest BCUT2D eigenvalue weighted by Crippen LogP contribution is 2.24. The van der Waals surface area contributed by atoms with Crippen LogP contribution in [0.2, 0.25) is 5.02 Å². The summed E-state index contributed by atoms with van der Waals surface area (Å²) in [6.45, 7) is 8.94. The zero-order chi connectivity index (χ0) is 23.5. The van der Waals surface area contributed by atoms with Crippen molar-refractivity contribution in [2.45, 2.75) is 46.2 Å². The number of aryl methyl sites for hydroxylation is 2. The summed E-state index contributed by atoms with van der Waals surface area (Å²) < 4.78 is 0. The normalized spacial score (nSPS) is 16.3. The fourth-order valence-electron chi connectivity index (χ4n) is 4.64. The Morgan fingerprint density at radius 2 is 2.03 bits per heavy atom. The Hall–Kier alpha value is -2.83. The number of benzene rings is 2. The number of pyridine rings is 1. The van der Waals surface area contributed by atoms with Crippen molar-refractivity contribution >= 4 is 34.2 Å². The minimum Gasteiger partial charge on any atom is -0.321 e. The number of aromatic amines is 1. The van der Waals surface area contributed by atoms with Gasteiger partial charge in [-0.05, 0) is 74.5 Å². The van der Waals surface area contributed by atoms with Crippen LogP contribution in [0.3, 0.4) is 0 Å². The Morgan fingerprint density at radius 1 is 1.24 bits per heavy atom. The first-order valence-electron chi connectivity index (χ1n) is 11.5. The molecular formula is C26H31ClN4O2. The highest BCUT2D eigenvalue weighted by atomic mass is 35.5. The fourth-order valence-corrected chi connectivity index (χ4v) is 4.82. The Bertz CT molecular complexity index is 1220. The second-order valence-electron chi connectivity index (χ2n) is 8.81. The van der Waals surface area contributed by atoms with E-state index in [1.807, 2.05) is 38.1 Å². The molecule has 174 valence electrons. The van der Waals surface area contributed by atoms with Gasteiger partial charge in [-0.3, -0.25) is 9.69 Å². The lowest BCUT2D eigenvalue weighted by molar-refractivity contribution is 0.174. The van der Waals surface area contributed by atoms with E-state index in [4.69, 9.17) is 11.6 Å². The second-order valence-corrected chi connectivity index (χ2v) is 9.22. The number of carbonyl (C=O) groups is 1. The van der Waals surface area contributed by atoms with Crippen molar-refractivity contribution < 1.29 is 4.79 Å². The standard InChI is InChI=1S/C26H31ClN4O2/c1-4-30-13-7-8-21(30)16-31(26(33)28-23-10-6-5-9-22(23)27)15-20-14-19-12-11-17(2)18(3)24(19)29-25(20)32/h5-6,9-12,14,21H,4,7-8,13,15-16H2,1-3H3,(H,28,33)(H,29,32)/t21-/m0/s1. The monoisotopic (exact) mass is 466 g/mol. The zero-order valence-electron chi connectivity index (χ0n) is 19.5. The molecule has 2 heterocycles. The summed E-state index contributed by atoms with van der Waals surface area (Å²) in [5.41, 5.74) is 4.02. The molecule has 1 aromatic heterocycles. The van der Waals surface area contributed by atoms with Crippen LogP contribution in [0.1, 0.15) is 36.5 Å². The van der Waals surface area contributed by atoms with Crippen LogP contribution in [-0.4, -0.2) is 46.5 Å². The van der Waals surface area contributed by atoms with Gasteiger partial charge in [0.15, 0.2) is 0 Å². The van der Waals surface area contributed by atoms with E-state index >= 15 is 0 Å². The minimum atomic E-state index is -0.259. The average Bonchev–Trinajstić information content (AvgIpc) is 3.25. The number of anilines is 1. The van der Waals surface area contributed by atoms with Gasteiger partial charge < -0.3 is 15.2 Å². The maximum absolute atomic E-state index is 13.4. The number of nitrogens with zero attached hydrogens (tertiary/aromatic N) is 2. The first-order valence-corrected chi connectivity index (χ1v) is 11.9. The van der Waals surface area contributed by atoms with Gasteiger partial charge >= 0.3 is 6.03 Å². The van der Waals surface area contributed by atoms with Crippen molar-refractivity contribution in [1.82, 2.24) is 14.8 Å².